The Kier molecular flexibility index (Phi) is 5.88. The molecule has 18 heavy (non-hydrogen) atoms. The second-order valence-electron chi connectivity index (χ2n) is 4.03. The molecule has 0 saturated heterocycles. The summed E-state index contributed by atoms with van der Waals surface area (Å²) in [4.78, 5) is 0. The van der Waals surface area contributed by atoms with Gasteiger partial charge in [0, 0.05) is 0 Å². The Bertz CT molecular complexity index is 443. The summed E-state index contributed by atoms with van der Waals surface area (Å²) in [5.74, 6) is 0. The number of hydrogen-bond donors (Lipinski definition) is 0. The molecular formula is C15H17Cl2P. The maximum absolute atomic E-state index is 6.96. The summed E-state index contributed by atoms with van der Waals surface area (Å²) in [5.41, 5.74) is 0. The fourth-order valence-electron chi connectivity index (χ4n) is 2.01. The minimum Gasteiger partial charge on any atom is -0.147 e. The molecule has 0 aromatic heterocycles. The van der Waals surface area contributed by atoms with Crippen LogP contribution in [0.3, 0.4) is 0 Å². The van der Waals surface area contributed by atoms with Crippen molar-refractivity contribution in [3.05, 3.63) is 73.3 Å². The van der Waals surface area contributed by atoms with Crippen molar-refractivity contribution in [2.75, 3.05) is 6.16 Å². The first-order valence-corrected chi connectivity index (χ1v) is 8.90. The van der Waals surface area contributed by atoms with Gasteiger partial charge in [-0.1, -0.05) is 0 Å². The average Bonchev–Trinajstić information content (AvgIpc) is 2.41. The molecule has 2 aromatic carbocycles. The van der Waals surface area contributed by atoms with E-state index in [0.29, 0.717) is 0 Å². The van der Waals surface area contributed by atoms with E-state index in [1.165, 1.54) is 10.6 Å². The van der Waals surface area contributed by atoms with E-state index in [9.17, 15) is 0 Å². The topological polar surface area (TPSA) is 0 Å². The molecule has 0 amide bonds. The maximum atomic E-state index is 6.96. The number of rotatable bonds is 4. The molecule has 0 atom stereocenters. The molecule has 0 spiro atoms. The number of halogens is 2. The van der Waals surface area contributed by atoms with E-state index < -0.39 is 6.62 Å². The van der Waals surface area contributed by atoms with Gasteiger partial charge in [-0.05, 0) is 0 Å². The summed E-state index contributed by atoms with van der Waals surface area (Å²) in [7, 11) is 0. The fourth-order valence-corrected chi connectivity index (χ4v) is 5.73. The molecule has 96 valence electrons. The van der Waals surface area contributed by atoms with Crippen molar-refractivity contribution in [2.24, 2.45) is 0 Å². The Morgan fingerprint density at radius 1 is 0.889 bits per heavy atom. The molecule has 0 N–H and O–H groups in total. The molecule has 0 saturated carbocycles. The average molecular weight is 299 g/mol. The smallest absolute Gasteiger partial charge is 0.147 e. The van der Waals surface area contributed by atoms with E-state index in [2.05, 4.69) is 30.8 Å². The van der Waals surface area contributed by atoms with Crippen LogP contribution >= 0.6 is 30.3 Å². The van der Waals surface area contributed by atoms with E-state index in [4.69, 9.17) is 11.2 Å². The Balaban J connectivity index is 0.00000162. The van der Waals surface area contributed by atoms with Crippen molar-refractivity contribution in [3.63, 3.8) is 0 Å². The van der Waals surface area contributed by atoms with Crippen LogP contribution in [0.25, 0.3) is 0 Å². The predicted molar refractivity (Wildman–Crippen MR) is 88.6 cm³/mol. The van der Waals surface area contributed by atoms with E-state index >= 15 is 0 Å². The van der Waals surface area contributed by atoms with Gasteiger partial charge in [-0.15, -0.1) is 12.4 Å². The molecule has 0 aliphatic rings. The van der Waals surface area contributed by atoms with Crippen LogP contribution in [0, 0.1) is 0 Å². The van der Waals surface area contributed by atoms with E-state index in [1.807, 2.05) is 42.5 Å². The SMILES string of the molecule is C=CC[PH](Cl)(c1ccccc1)c1ccccc1.Cl. The third-order valence-corrected chi connectivity index (χ3v) is 8.01. The summed E-state index contributed by atoms with van der Waals surface area (Å²) in [5, 5.41) is 2.49. The summed E-state index contributed by atoms with van der Waals surface area (Å²) in [6.45, 7) is 1.70. The molecule has 0 aliphatic heterocycles. The van der Waals surface area contributed by atoms with E-state index in [-0.39, 0.29) is 12.4 Å². The molecule has 0 radical (unpaired) electrons. The monoisotopic (exact) mass is 298 g/mol. The zero-order valence-corrected chi connectivity index (χ0v) is 12.6. The predicted octanol–water partition coefficient (Wildman–Crippen LogP) is 4.15. The van der Waals surface area contributed by atoms with Gasteiger partial charge in [0.15, 0.2) is 0 Å². The Morgan fingerprint density at radius 2 is 1.28 bits per heavy atom. The summed E-state index contributed by atoms with van der Waals surface area (Å²) in [6.07, 6.45) is 2.78. The number of allylic oxidation sites excluding steroid dienone is 1. The van der Waals surface area contributed by atoms with Crippen molar-refractivity contribution >= 4 is 40.9 Å². The van der Waals surface area contributed by atoms with Crippen LogP contribution in [-0.2, 0) is 0 Å². The minimum atomic E-state index is -2.15. The maximum Gasteiger partial charge on any atom is -0.147 e. The summed E-state index contributed by atoms with van der Waals surface area (Å²) >= 11 is 6.96. The largest absolute Gasteiger partial charge is 0.147 e. The third-order valence-electron chi connectivity index (χ3n) is 2.89. The van der Waals surface area contributed by atoms with E-state index in [1.54, 1.807) is 0 Å². The molecule has 3 heteroatoms. The number of hydrogen-bond acceptors (Lipinski definition) is 0. The third kappa shape index (κ3) is 3.14. The zero-order chi connectivity index (χ0) is 12.1. The van der Waals surface area contributed by atoms with Crippen molar-refractivity contribution in [3.8, 4) is 0 Å². The van der Waals surface area contributed by atoms with Gasteiger partial charge in [-0.2, -0.15) is 0 Å². The summed E-state index contributed by atoms with van der Waals surface area (Å²) in [6, 6.07) is 20.7. The van der Waals surface area contributed by atoms with Crippen LogP contribution in [0.5, 0.6) is 0 Å². The normalized spacial score (nSPS) is 11.4. The van der Waals surface area contributed by atoms with Gasteiger partial charge in [0.05, 0.1) is 0 Å². The van der Waals surface area contributed by atoms with Gasteiger partial charge < -0.3 is 0 Å². The van der Waals surface area contributed by atoms with Gasteiger partial charge in [0.25, 0.3) is 0 Å². The van der Waals surface area contributed by atoms with Crippen LogP contribution in [-0.4, -0.2) is 6.16 Å². The van der Waals surface area contributed by atoms with Gasteiger partial charge in [0.2, 0.25) is 0 Å². The molecule has 0 aliphatic carbocycles. The minimum absolute atomic E-state index is 0. The molecule has 0 nitrogen and oxygen atoms in total. The van der Waals surface area contributed by atoms with Gasteiger partial charge in [-0.3, -0.25) is 0 Å². The molecular weight excluding hydrogens is 282 g/mol. The van der Waals surface area contributed by atoms with Gasteiger partial charge in [-0.25, -0.2) is 0 Å². The standard InChI is InChI=1S/C15H16ClP.ClH/c1-2-13-17(16,14-9-5-3-6-10-14)15-11-7-4-8-12-15;/h2-12,17H,1,13H2;1H. The van der Waals surface area contributed by atoms with Crippen molar-refractivity contribution in [1.29, 1.82) is 0 Å². The van der Waals surface area contributed by atoms with Crippen molar-refractivity contribution in [1.82, 2.24) is 0 Å². The van der Waals surface area contributed by atoms with Crippen molar-refractivity contribution < 1.29 is 0 Å². The second-order valence-corrected chi connectivity index (χ2v) is 9.13. The Hall–Kier alpha value is -0.810. The molecule has 0 unspecified atom stereocenters. The van der Waals surface area contributed by atoms with Gasteiger partial charge in [0.1, 0.15) is 0 Å². The first kappa shape index (κ1) is 15.2. The van der Waals surface area contributed by atoms with E-state index in [0.717, 1.165) is 6.16 Å². The number of benzene rings is 2. The van der Waals surface area contributed by atoms with Crippen LogP contribution in [0.2, 0.25) is 0 Å². The Morgan fingerprint density at radius 3 is 1.61 bits per heavy atom. The zero-order valence-electron chi connectivity index (χ0n) is 10.1. The quantitative estimate of drug-likeness (QED) is 0.588. The first-order chi connectivity index (χ1) is 8.27. The van der Waals surface area contributed by atoms with Crippen LogP contribution in [0.4, 0.5) is 0 Å². The van der Waals surface area contributed by atoms with Gasteiger partial charge >= 0.3 is 108 Å². The first-order valence-electron chi connectivity index (χ1n) is 5.68. The fraction of sp³-hybridized carbons (Fsp3) is 0.0667. The molecule has 0 bridgehead atoms. The van der Waals surface area contributed by atoms with Crippen molar-refractivity contribution in [2.45, 2.75) is 0 Å². The Labute approximate surface area is 120 Å². The molecule has 0 heterocycles. The van der Waals surface area contributed by atoms with Crippen LogP contribution in [0.15, 0.2) is 73.3 Å². The van der Waals surface area contributed by atoms with Crippen LogP contribution < -0.4 is 10.6 Å². The summed E-state index contributed by atoms with van der Waals surface area (Å²) < 4.78 is 0. The molecule has 2 rings (SSSR count). The van der Waals surface area contributed by atoms with Crippen LogP contribution in [0.1, 0.15) is 0 Å². The second kappa shape index (κ2) is 6.95. The molecule has 0 fully saturated rings. The molecule has 2 aromatic rings.